The molecule has 0 fully saturated rings. The molecule has 5 heteroatoms. The van der Waals surface area contributed by atoms with E-state index in [1.807, 2.05) is 47.7 Å². The summed E-state index contributed by atoms with van der Waals surface area (Å²) < 4.78 is 0. The number of Topliss-reactive ketones (excluding diaryl/α,β-unsaturated/α-hetero) is 1. The maximum Gasteiger partial charge on any atom is 0.196 e. The van der Waals surface area contributed by atoms with Crippen molar-refractivity contribution in [2.75, 3.05) is 0 Å². The molecule has 2 aliphatic heterocycles. The van der Waals surface area contributed by atoms with Crippen LogP contribution in [-0.4, -0.2) is 26.2 Å². The van der Waals surface area contributed by atoms with Gasteiger partial charge >= 0.3 is 0 Å². The van der Waals surface area contributed by atoms with Crippen LogP contribution in [0, 0.1) is 0 Å². The van der Waals surface area contributed by atoms with E-state index in [0.29, 0.717) is 11.3 Å². The molecule has 0 aliphatic carbocycles. The largest absolute Gasteiger partial charge is 0.330 e. The van der Waals surface area contributed by atoms with Crippen LogP contribution in [0.25, 0.3) is 11.3 Å². The van der Waals surface area contributed by atoms with Crippen LogP contribution in [0.3, 0.4) is 0 Å². The fourth-order valence-electron chi connectivity index (χ4n) is 2.94. The highest BCUT2D eigenvalue weighted by Crippen LogP contribution is 2.45. The lowest BCUT2D eigenvalue weighted by Crippen LogP contribution is -2.43. The van der Waals surface area contributed by atoms with E-state index in [2.05, 4.69) is 15.3 Å². The number of carbonyl (C=O) groups is 1. The molecule has 0 bridgehead atoms. The number of aromatic nitrogens is 2. The molecule has 0 saturated carbocycles. The van der Waals surface area contributed by atoms with Gasteiger partial charge in [-0.15, -0.1) is 0 Å². The monoisotopic (exact) mass is 307 g/mol. The zero-order valence-electron chi connectivity index (χ0n) is 11.9. The third-order valence-corrected chi connectivity index (χ3v) is 4.73. The second-order valence-electron chi connectivity index (χ2n) is 5.37. The van der Waals surface area contributed by atoms with Gasteiger partial charge in [0.15, 0.2) is 5.78 Å². The highest BCUT2D eigenvalue weighted by molar-refractivity contribution is 7.08. The van der Waals surface area contributed by atoms with Crippen molar-refractivity contribution in [3.8, 4) is 0 Å². The first-order valence-corrected chi connectivity index (χ1v) is 7.89. The number of thiophene rings is 1. The maximum atomic E-state index is 13.1. The molecule has 1 atom stereocenters. The van der Waals surface area contributed by atoms with Crippen molar-refractivity contribution >= 4 is 28.4 Å². The highest BCUT2D eigenvalue weighted by Gasteiger charge is 2.48. The van der Waals surface area contributed by atoms with Gasteiger partial charge in [-0.1, -0.05) is 12.2 Å². The summed E-state index contributed by atoms with van der Waals surface area (Å²) in [4.78, 5) is 23.6. The summed E-state index contributed by atoms with van der Waals surface area (Å²) in [5.41, 5.74) is 2.48. The van der Waals surface area contributed by atoms with E-state index in [9.17, 15) is 4.79 Å². The van der Waals surface area contributed by atoms with Gasteiger partial charge in [0.2, 0.25) is 0 Å². The van der Waals surface area contributed by atoms with Crippen LogP contribution >= 0.6 is 11.3 Å². The molecule has 22 heavy (non-hydrogen) atoms. The van der Waals surface area contributed by atoms with Crippen molar-refractivity contribution in [1.29, 1.82) is 0 Å². The summed E-state index contributed by atoms with van der Waals surface area (Å²) in [6.45, 7) is 1.94. The Morgan fingerprint density at radius 1 is 1.27 bits per heavy atom. The predicted octanol–water partition coefficient (Wildman–Crippen LogP) is 3.13. The smallest absolute Gasteiger partial charge is 0.196 e. The van der Waals surface area contributed by atoms with Gasteiger partial charge in [-0.3, -0.25) is 14.8 Å². The van der Waals surface area contributed by atoms with Crippen molar-refractivity contribution in [2.45, 2.75) is 12.5 Å². The van der Waals surface area contributed by atoms with Crippen LogP contribution in [0.1, 0.15) is 18.2 Å². The number of allylic oxidation sites excluding steroid dienone is 2. The number of rotatable bonds is 2. The van der Waals surface area contributed by atoms with Crippen molar-refractivity contribution in [3.05, 3.63) is 71.1 Å². The van der Waals surface area contributed by atoms with E-state index in [0.717, 1.165) is 11.3 Å². The Kier molecular flexibility index (Phi) is 2.84. The third kappa shape index (κ3) is 1.72. The molecule has 108 valence electrons. The first-order valence-electron chi connectivity index (χ1n) is 6.95. The molecule has 0 saturated heterocycles. The Balaban J connectivity index is 2.00. The van der Waals surface area contributed by atoms with Crippen LogP contribution in [-0.2, 0) is 4.79 Å². The minimum absolute atomic E-state index is 0.0507. The van der Waals surface area contributed by atoms with Crippen LogP contribution in [0.5, 0.6) is 0 Å². The lowest BCUT2D eigenvalue weighted by atomic mass is 9.91. The highest BCUT2D eigenvalue weighted by atomic mass is 32.1. The summed E-state index contributed by atoms with van der Waals surface area (Å²) in [6, 6.07) is 2.03. The molecule has 2 aromatic rings. The molecular weight excluding hydrogens is 294 g/mol. The van der Waals surface area contributed by atoms with Gasteiger partial charge in [0.05, 0.1) is 23.2 Å². The normalized spacial score (nSPS) is 23.3. The molecule has 0 amide bonds. The first-order chi connectivity index (χ1) is 10.7. The molecule has 2 aliphatic rings. The Bertz CT molecular complexity index is 821. The van der Waals surface area contributed by atoms with Crippen LogP contribution in [0.15, 0.2) is 59.8 Å². The number of nitrogens with zero attached hydrogens (tertiary/aromatic N) is 3. The lowest BCUT2D eigenvalue weighted by molar-refractivity contribution is -0.118. The summed E-state index contributed by atoms with van der Waals surface area (Å²) in [6.07, 6.45) is 12.6. The summed E-state index contributed by atoms with van der Waals surface area (Å²) in [5.74, 6) is 0.0507. The van der Waals surface area contributed by atoms with Crippen LogP contribution in [0.2, 0.25) is 0 Å². The number of ketones is 1. The summed E-state index contributed by atoms with van der Waals surface area (Å²) in [5, 5.41) is 4.07. The van der Waals surface area contributed by atoms with E-state index in [-0.39, 0.29) is 5.78 Å². The molecule has 4 nitrogen and oxygen atoms in total. The second kappa shape index (κ2) is 4.74. The maximum absolute atomic E-state index is 13.1. The third-order valence-electron chi connectivity index (χ3n) is 4.05. The van der Waals surface area contributed by atoms with E-state index >= 15 is 0 Å². The van der Waals surface area contributed by atoms with E-state index < -0.39 is 5.54 Å². The average molecular weight is 307 g/mol. The van der Waals surface area contributed by atoms with Crippen molar-refractivity contribution in [1.82, 2.24) is 14.9 Å². The summed E-state index contributed by atoms with van der Waals surface area (Å²) >= 11 is 1.61. The van der Waals surface area contributed by atoms with Crippen molar-refractivity contribution in [3.63, 3.8) is 0 Å². The number of carbonyl (C=O) groups excluding carboxylic acids is 1. The van der Waals surface area contributed by atoms with Crippen molar-refractivity contribution in [2.24, 2.45) is 0 Å². The Morgan fingerprint density at radius 2 is 2.18 bits per heavy atom. The standard InChI is InChI=1S/C17H13N3OS/c1-17-5-2-3-8-20(17)15(12-4-9-22-11-12)14(16(17)21)13-10-18-6-7-19-13/h2-11H,1H3. The van der Waals surface area contributed by atoms with Gasteiger partial charge in [0.25, 0.3) is 0 Å². The molecule has 1 unspecified atom stereocenters. The Labute approximate surface area is 132 Å². The zero-order valence-corrected chi connectivity index (χ0v) is 12.7. The molecular formula is C17H13N3OS. The molecule has 0 aromatic carbocycles. The van der Waals surface area contributed by atoms with E-state index in [1.54, 1.807) is 29.9 Å². The van der Waals surface area contributed by atoms with E-state index in [1.165, 1.54) is 0 Å². The van der Waals surface area contributed by atoms with Gasteiger partial charge in [-0.05, 0) is 24.4 Å². The average Bonchev–Trinajstić information content (AvgIpc) is 3.14. The van der Waals surface area contributed by atoms with Crippen LogP contribution in [0.4, 0.5) is 0 Å². The van der Waals surface area contributed by atoms with Gasteiger partial charge in [0.1, 0.15) is 5.54 Å². The number of fused-ring (bicyclic) bond motifs is 1. The molecule has 0 N–H and O–H groups in total. The number of hydrogen-bond donors (Lipinski definition) is 0. The quantitative estimate of drug-likeness (QED) is 0.855. The Morgan fingerprint density at radius 3 is 2.91 bits per heavy atom. The fourth-order valence-corrected chi connectivity index (χ4v) is 3.58. The topological polar surface area (TPSA) is 46.1 Å². The van der Waals surface area contributed by atoms with Gasteiger partial charge < -0.3 is 4.90 Å². The summed E-state index contributed by atoms with van der Waals surface area (Å²) in [7, 11) is 0. The second-order valence-corrected chi connectivity index (χ2v) is 6.15. The Hall–Kier alpha value is -2.53. The van der Waals surface area contributed by atoms with Gasteiger partial charge in [-0.2, -0.15) is 11.3 Å². The molecule has 0 spiro atoms. The minimum atomic E-state index is -0.696. The zero-order chi connectivity index (χ0) is 15.2. The SMILES string of the molecule is CC12C=CC=CN1C(c1ccsc1)=C(c1cnccn1)C2=O. The lowest BCUT2D eigenvalue weighted by Gasteiger charge is -2.33. The molecule has 0 radical (unpaired) electrons. The van der Waals surface area contributed by atoms with Crippen molar-refractivity contribution < 1.29 is 4.79 Å². The first kappa shape index (κ1) is 13.2. The molecule has 4 rings (SSSR count). The minimum Gasteiger partial charge on any atom is -0.330 e. The van der Waals surface area contributed by atoms with Crippen LogP contribution < -0.4 is 0 Å². The fraction of sp³-hybridized carbons (Fsp3) is 0.118. The van der Waals surface area contributed by atoms with Gasteiger partial charge in [0, 0.05) is 29.5 Å². The predicted molar refractivity (Wildman–Crippen MR) is 86.7 cm³/mol. The molecule has 2 aromatic heterocycles. The molecule has 4 heterocycles. The van der Waals surface area contributed by atoms with Gasteiger partial charge in [-0.25, -0.2) is 0 Å². The number of hydrogen-bond acceptors (Lipinski definition) is 5. The van der Waals surface area contributed by atoms with E-state index in [4.69, 9.17) is 0 Å².